The van der Waals surface area contributed by atoms with Gasteiger partial charge in [0.2, 0.25) is 0 Å². The molecule has 0 unspecified atom stereocenters. The normalized spacial score (nSPS) is 10.4. The van der Waals surface area contributed by atoms with E-state index in [1.54, 1.807) is 29.9 Å². The van der Waals surface area contributed by atoms with Gasteiger partial charge in [-0.1, -0.05) is 17.7 Å². The summed E-state index contributed by atoms with van der Waals surface area (Å²) >= 11 is 0. The molecule has 0 atom stereocenters. The van der Waals surface area contributed by atoms with Gasteiger partial charge in [-0.15, -0.1) is 0 Å². The lowest BCUT2D eigenvalue weighted by Crippen LogP contribution is -2.22. The van der Waals surface area contributed by atoms with E-state index in [4.69, 9.17) is 0 Å². The minimum atomic E-state index is -0.0224. The van der Waals surface area contributed by atoms with Crippen LogP contribution in [0, 0.1) is 13.8 Å². The lowest BCUT2D eigenvalue weighted by molar-refractivity contribution is 0.0827. The average Bonchev–Trinajstić information content (AvgIpc) is 2.71. The third-order valence-electron chi connectivity index (χ3n) is 2.92. The van der Waals surface area contributed by atoms with Gasteiger partial charge in [0, 0.05) is 14.1 Å². The van der Waals surface area contributed by atoms with Gasteiger partial charge in [-0.3, -0.25) is 4.79 Å². The van der Waals surface area contributed by atoms with Crippen molar-refractivity contribution in [2.45, 2.75) is 13.8 Å². The summed E-state index contributed by atoms with van der Waals surface area (Å²) in [6.45, 7) is 3.95. The van der Waals surface area contributed by atoms with Crippen LogP contribution >= 0.6 is 0 Å². The maximum Gasteiger partial charge on any atom is 0.256 e. The van der Waals surface area contributed by atoms with Crippen LogP contribution in [0.15, 0.2) is 30.5 Å². The van der Waals surface area contributed by atoms with Gasteiger partial charge in [0.25, 0.3) is 5.91 Å². The molecule has 0 aliphatic carbocycles. The van der Waals surface area contributed by atoms with Crippen LogP contribution in [-0.4, -0.2) is 34.7 Å². The molecule has 1 amide bonds. The van der Waals surface area contributed by atoms with Gasteiger partial charge in [0.15, 0.2) is 0 Å². The molecule has 0 fully saturated rings. The topological polar surface area (TPSA) is 38.1 Å². The van der Waals surface area contributed by atoms with E-state index in [0.29, 0.717) is 5.56 Å². The van der Waals surface area contributed by atoms with Crippen molar-refractivity contribution in [2.24, 2.45) is 0 Å². The summed E-state index contributed by atoms with van der Waals surface area (Å²) in [5.41, 5.74) is 3.67. The molecule has 0 radical (unpaired) electrons. The van der Waals surface area contributed by atoms with E-state index < -0.39 is 0 Å². The molecule has 0 bridgehead atoms. The van der Waals surface area contributed by atoms with Gasteiger partial charge in [-0.2, -0.15) is 5.10 Å². The predicted molar refractivity (Wildman–Crippen MR) is 71.1 cm³/mol. The van der Waals surface area contributed by atoms with Crippen LogP contribution in [0.2, 0.25) is 0 Å². The Bertz CT molecular complexity index is 567. The molecule has 0 saturated carbocycles. The molecule has 0 spiro atoms. The van der Waals surface area contributed by atoms with Crippen molar-refractivity contribution in [3.63, 3.8) is 0 Å². The summed E-state index contributed by atoms with van der Waals surface area (Å²) in [6, 6.07) is 8.06. The van der Waals surface area contributed by atoms with Gasteiger partial charge in [0.1, 0.15) is 0 Å². The Morgan fingerprint density at radius 3 is 2.33 bits per heavy atom. The minimum absolute atomic E-state index is 0.0224. The Morgan fingerprint density at radius 1 is 1.17 bits per heavy atom. The first-order valence-electron chi connectivity index (χ1n) is 5.84. The molecule has 94 valence electrons. The maximum absolute atomic E-state index is 11.9. The Morgan fingerprint density at radius 2 is 1.78 bits per heavy atom. The van der Waals surface area contributed by atoms with Crippen LogP contribution in [0.25, 0.3) is 5.69 Å². The van der Waals surface area contributed by atoms with Crippen LogP contribution in [0.3, 0.4) is 0 Å². The standard InChI is InChI=1S/C14H17N3O/c1-10-5-7-12(8-6-10)17-11(2)13(9-15-17)14(18)16(3)4/h5-9H,1-4H3. The molecular formula is C14H17N3O. The van der Waals surface area contributed by atoms with Crippen LogP contribution in [0.1, 0.15) is 21.6 Å². The van der Waals surface area contributed by atoms with Crippen molar-refractivity contribution in [3.8, 4) is 5.69 Å². The summed E-state index contributed by atoms with van der Waals surface area (Å²) < 4.78 is 1.79. The number of nitrogens with zero attached hydrogens (tertiary/aromatic N) is 3. The molecule has 4 nitrogen and oxygen atoms in total. The third kappa shape index (κ3) is 2.14. The second-order valence-corrected chi connectivity index (χ2v) is 4.59. The van der Waals surface area contributed by atoms with Crippen LogP contribution in [0.4, 0.5) is 0 Å². The second-order valence-electron chi connectivity index (χ2n) is 4.59. The highest BCUT2D eigenvalue weighted by Gasteiger charge is 2.16. The Balaban J connectivity index is 2.42. The zero-order valence-electron chi connectivity index (χ0n) is 11.1. The number of carbonyl (C=O) groups is 1. The lowest BCUT2D eigenvalue weighted by atomic mass is 10.2. The van der Waals surface area contributed by atoms with E-state index in [1.807, 2.05) is 38.1 Å². The van der Waals surface area contributed by atoms with Crippen molar-refractivity contribution in [3.05, 3.63) is 47.3 Å². The molecule has 0 aliphatic heterocycles. The summed E-state index contributed by atoms with van der Waals surface area (Å²) in [5.74, 6) is -0.0224. The molecule has 1 aromatic heterocycles. The number of aryl methyl sites for hydroxylation is 1. The summed E-state index contributed by atoms with van der Waals surface area (Å²) in [7, 11) is 3.48. The maximum atomic E-state index is 11.9. The van der Waals surface area contributed by atoms with Crippen molar-refractivity contribution < 1.29 is 4.79 Å². The third-order valence-corrected chi connectivity index (χ3v) is 2.92. The molecule has 1 heterocycles. The highest BCUT2D eigenvalue weighted by molar-refractivity contribution is 5.94. The molecule has 0 aliphatic rings. The molecule has 2 aromatic rings. The van der Waals surface area contributed by atoms with Crippen molar-refractivity contribution in [1.29, 1.82) is 0 Å². The second kappa shape index (κ2) is 4.64. The van der Waals surface area contributed by atoms with Gasteiger partial charge in [-0.05, 0) is 26.0 Å². The Kier molecular flexibility index (Phi) is 3.19. The zero-order chi connectivity index (χ0) is 13.3. The fourth-order valence-corrected chi connectivity index (χ4v) is 1.81. The number of hydrogen-bond acceptors (Lipinski definition) is 2. The first-order chi connectivity index (χ1) is 8.50. The predicted octanol–water partition coefficient (Wildman–Crippen LogP) is 2.19. The fraction of sp³-hybridized carbons (Fsp3) is 0.286. The van der Waals surface area contributed by atoms with Gasteiger partial charge >= 0.3 is 0 Å². The SMILES string of the molecule is Cc1ccc(-n2ncc(C(=O)N(C)C)c2C)cc1. The first-order valence-corrected chi connectivity index (χ1v) is 5.84. The number of hydrogen-bond donors (Lipinski definition) is 0. The van der Waals surface area contributed by atoms with E-state index >= 15 is 0 Å². The van der Waals surface area contributed by atoms with E-state index in [0.717, 1.165) is 11.4 Å². The molecule has 1 aromatic carbocycles. The molecule has 2 rings (SSSR count). The molecule has 0 saturated heterocycles. The summed E-state index contributed by atoms with van der Waals surface area (Å²) in [4.78, 5) is 13.5. The zero-order valence-corrected chi connectivity index (χ0v) is 11.1. The number of benzene rings is 1. The van der Waals surface area contributed by atoms with E-state index in [2.05, 4.69) is 5.10 Å². The molecular weight excluding hydrogens is 226 g/mol. The van der Waals surface area contributed by atoms with Crippen LogP contribution in [0.5, 0.6) is 0 Å². The highest BCUT2D eigenvalue weighted by atomic mass is 16.2. The van der Waals surface area contributed by atoms with Gasteiger partial charge in [-0.25, -0.2) is 4.68 Å². The smallest absolute Gasteiger partial charge is 0.256 e. The Hall–Kier alpha value is -2.10. The summed E-state index contributed by atoms with van der Waals surface area (Å²) in [6.07, 6.45) is 1.62. The number of aromatic nitrogens is 2. The number of carbonyl (C=O) groups excluding carboxylic acids is 1. The largest absolute Gasteiger partial charge is 0.345 e. The van der Waals surface area contributed by atoms with Crippen molar-refractivity contribution in [2.75, 3.05) is 14.1 Å². The van der Waals surface area contributed by atoms with Crippen LogP contribution < -0.4 is 0 Å². The number of amides is 1. The number of rotatable bonds is 2. The van der Waals surface area contributed by atoms with E-state index in [1.165, 1.54) is 5.56 Å². The monoisotopic (exact) mass is 243 g/mol. The first kappa shape index (κ1) is 12.4. The van der Waals surface area contributed by atoms with Gasteiger partial charge < -0.3 is 4.90 Å². The Labute approximate surface area is 107 Å². The van der Waals surface area contributed by atoms with E-state index in [9.17, 15) is 4.79 Å². The minimum Gasteiger partial charge on any atom is -0.345 e. The average molecular weight is 243 g/mol. The quantitative estimate of drug-likeness (QED) is 0.811. The van der Waals surface area contributed by atoms with Crippen molar-refractivity contribution in [1.82, 2.24) is 14.7 Å². The summed E-state index contributed by atoms with van der Waals surface area (Å²) in [5, 5.41) is 4.29. The molecule has 0 N–H and O–H groups in total. The van der Waals surface area contributed by atoms with Crippen LogP contribution in [-0.2, 0) is 0 Å². The van der Waals surface area contributed by atoms with Crippen molar-refractivity contribution >= 4 is 5.91 Å². The highest BCUT2D eigenvalue weighted by Crippen LogP contribution is 2.15. The molecule has 18 heavy (non-hydrogen) atoms. The molecule has 4 heteroatoms. The van der Waals surface area contributed by atoms with Gasteiger partial charge in [0.05, 0.1) is 23.1 Å². The lowest BCUT2D eigenvalue weighted by Gasteiger charge is -2.10. The fourth-order valence-electron chi connectivity index (χ4n) is 1.81. The van der Waals surface area contributed by atoms with E-state index in [-0.39, 0.29) is 5.91 Å².